The molecule has 29 heavy (non-hydrogen) atoms. The monoisotopic (exact) mass is 403 g/mol. The lowest BCUT2D eigenvalue weighted by molar-refractivity contribution is -0.137. The van der Waals surface area contributed by atoms with E-state index in [2.05, 4.69) is 37.5 Å². The van der Waals surface area contributed by atoms with Gasteiger partial charge in [0, 0.05) is 23.5 Å². The molecule has 11 heteroatoms. The van der Waals surface area contributed by atoms with Crippen molar-refractivity contribution in [1.29, 1.82) is 0 Å². The normalized spacial score (nSPS) is 11.2. The number of carbonyl (C=O) groups excluding carboxylic acids is 1. The van der Waals surface area contributed by atoms with Crippen molar-refractivity contribution >= 4 is 11.7 Å². The van der Waals surface area contributed by atoms with E-state index in [0.29, 0.717) is 11.4 Å². The van der Waals surface area contributed by atoms with Crippen LogP contribution in [-0.2, 0) is 17.5 Å². The highest BCUT2D eigenvalue weighted by Gasteiger charge is 2.31. The second-order valence-corrected chi connectivity index (χ2v) is 6.12. The highest BCUT2D eigenvalue weighted by Crippen LogP contribution is 2.32. The first-order valence-corrected chi connectivity index (χ1v) is 8.31. The van der Waals surface area contributed by atoms with Crippen LogP contribution >= 0.6 is 0 Å². The maximum Gasteiger partial charge on any atom is 0.416 e. The minimum absolute atomic E-state index is 0.00107. The minimum Gasteiger partial charge on any atom is -0.280 e. The van der Waals surface area contributed by atoms with Crippen molar-refractivity contribution in [2.75, 3.05) is 5.43 Å². The molecule has 2 heterocycles. The molecular weight excluding hydrogens is 387 g/mol. The van der Waals surface area contributed by atoms with Crippen molar-refractivity contribution in [2.24, 2.45) is 0 Å². The van der Waals surface area contributed by atoms with Crippen molar-refractivity contribution in [3.8, 4) is 11.4 Å². The van der Waals surface area contributed by atoms with E-state index in [1.54, 1.807) is 13.0 Å². The number of nitrogens with zero attached hydrogens (tertiary/aromatic N) is 5. The molecule has 0 aliphatic heterocycles. The fourth-order valence-electron chi connectivity index (χ4n) is 2.42. The predicted molar refractivity (Wildman–Crippen MR) is 98.1 cm³/mol. The topological polar surface area (TPSA) is 97.6 Å². The summed E-state index contributed by atoms with van der Waals surface area (Å²) in [6.45, 7) is 5.24. The quantitative estimate of drug-likeness (QED) is 0.485. The fourth-order valence-corrected chi connectivity index (χ4v) is 2.42. The van der Waals surface area contributed by atoms with E-state index in [-0.39, 0.29) is 23.5 Å². The number of hydrazine groups is 1. The van der Waals surface area contributed by atoms with Crippen LogP contribution in [0.5, 0.6) is 0 Å². The summed E-state index contributed by atoms with van der Waals surface area (Å²) in [6.07, 6.45) is 1.21. The molecule has 1 aromatic carbocycles. The van der Waals surface area contributed by atoms with E-state index < -0.39 is 17.6 Å². The van der Waals surface area contributed by atoms with Gasteiger partial charge in [0.2, 0.25) is 0 Å². The molecule has 0 aliphatic carbocycles. The van der Waals surface area contributed by atoms with Gasteiger partial charge in [0.15, 0.2) is 11.6 Å². The average molecular weight is 403 g/mol. The Hall–Kier alpha value is -3.76. The number of carbonyl (C=O) groups is 1. The van der Waals surface area contributed by atoms with Crippen LogP contribution in [-0.4, -0.2) is 30.6 Å². The molecule has 0 bridgehead atoms. The van der Waals surface area contributed by atoms with Gasteiger partial charge < -0.3 is 0 Å². The first-order chi connectivity index (χ1) is 13.7. The second-order valence-electron chi connectivity index (χ2n) is 6.12. The lowest BCUT2D eigenvalue weighted by Gasteiger charge is -2.09. The molecule has 0 saturated carbocycles. The van der Waals surface area contributed by atoms with Crippen molar-refractivity contribution in [3.63, 3.8) is 0 Å². The first kappa shape index (κ1) is 20.0. The molecule has 0 unspecified atom stereocenters. The SMILES string of the molecule is C=C(Cn1cnc(-c2cc(C)cc(C(F)(F)F)c2)n1)C(=O)NNc1cnccn1. The van der Waals surface area contributed by atoms with Gasteiger partial charge in [0.1, 0.15) is 6.33 Å². The summed E-state index contributed by atoms with van der Waals surface area (Å²) in [4.78, 5) is 23.9. The van der Waals surface area contributed by atoms with Crippen LogP contribution in [0.3, 0.4) is 0 Å². The van der Waals surface area contributed by atoms with Crippen LogP contribution in [0.25, 0.3) is 11.4 Å². The molecule has 3 aromatic rings. The molecular formula is C18H16F3N7O. The average Bonchev–Trinajstić information content (AvgIpc) is 3.14. The number of alkyl halides is 3. The Bertz CT molecular complexity index is 1030. The Labute approximate surface area is 163 Å². The highest BCUT2D eigenvalue weighted by molar-refractivity contribution is 5.93. The summed E-state index contributed by atoms with van der Waals surface area (Å²) < 4.78 is 40.3. The van der Waals surface area contributed by atoms with Gasteiger partial charge in [0.25, 0.3) is 5.91 Å². The van der Waals surface area contributed by atoms with E-state index >= 15 is 0 Å². The molecule has 0 fully saturated rings. The number of halogens is 3. The largest absolute Gasteiger partial charge is 0.416 e. The van der Waals surface area contributed by atoms with Gasteiger partial charge in [-0.1, -0.05) is 6.58 Å². The summed E-state index contributed by atoms with van der Waals surface area (Å²) in [5.41, 5.74) is 5.04. The summed E-state index contributed by atoms with van der Waals surface area (Å²) in [7, 11) is 0. The maximum atomic E-state index is 13.0. The Morgan fingerprint density at radius 2 is 2.00 bits per heavy atom. The van der Waals surface area contributed by atoms with E-state index in [4.69, 9.17) is 0 Å². The third-order valence-corrected chi connectivity index (χ3v) is 3.74. The molecule has 0 radical (unpaired) electrons. The van der Waals surface area contributed by atoms with Crippen LogP contribution in [0.2, 0.25) is 0 Å². The Morgan fingerprint density at radius 3 is 2.69 bits per heavy atom. The number of benzene rings is 1. The number of anilines is 1. The summed E-state index contributed by atoms with van der Waals surface area (Å²) in [5.74, 6) is -0.0516. The molecule has 2 aromatic heterocycles. The van der Waals surface area contributed by atoms with E-state index in [0.717, 1.165) is 12.1 Å². The molecule has 1 amide bonds. The number of hydrogen-bond acceptors (Lipinski definition) is 6. The number of hydrogen-bond donors (Lipinski definition) is 2. The molecule has 150 valence electrons. The highest BCUT2D eigenvalue weighted by atomic mass is 19.4. The molecule has 8 nitrogen and oxygen atoms in total. The summed E-state index contributed by atoms with van der Waals surface area (Å²) in [5, 5.41) is 4.14. The van der Waals surface area contributed by atoms with Crippen LogP contribution < -0.4 is 10.9 Å². The van der Waals surface area contributed by atoms with E-state index in [1.807, 2.05) is 0 Å². The lowest BCUT2D eigenvalue weighted by atomic mass is 10.1. The Balaban J connectivity index is 1.66. The maximum absolute atomic E-state index is 13.0. The third kappa shape index (κ3) is 5.15. The minimum atomic E-state index is -4.47. The number of rotatable bonds is 6. The smallest absolute Gasteiger partial charge is 0.280 e. The molecule has 0 aliphatic rings. The van der Waals surface area contributed by atoms with Crippen molar-refractivity contribution < 1.29 is 18.0 Å². The van der Waals surface area contributed by atoms with Gasteiger partial charge >= 0.3 is 6.18 Å². The van der Waals surface area contributed by atoms with Crippen LogP contribution in [0.1, 0.15) is 11.1 Å². The van der Waals surface area contributed by atoms with Gasteiger partial charge in [0.05, 0.1) is 18.3 Å². The molecule has 0 saturated heterocycles. The second kappa shape index (κ2) is 8.09. The van der Waals surface area contributed by atoms with Gasteiger partial charge in [-0.15, -0.1) is 0 Å². The molecule has 2 N–H and O–H groups in total. The van der Waals surface area contributed by atoms with Crippen LogP contribution in [0.4, 0.5) is 19.0 Å². The van der Waals surface area contributed by atoms with Gasteiger partial charge in [-0.2, -0.15) is 18.3 Å². The summed E-state index contributed by atoms with van der Waals surface area (Å²) in [6, 6.07) is 3.59. The Kier molecular flexibility index (Phi) is 5.57. The molecule has 0 atom stereocenters. The van der Waals surface area contributed by atoms with E-state index in [9.17, 15) is 18.0 Å². The fraction of sp³-hybridized carbons (Fsp3) is 0.167. The van der Waals surface area contributed by atoms with Gasteiger partial charge in [-0.05, 0) is 30.7 Å². The van der Waals surface area contributed by atoms with Crippen LogP contribution in [0, 0.1) is 6.92 Å². The van der Waals surface area contributed by atoms with Crippen molar-refractivity contribution in [3.05, 3.63) is 66.4 Å². The zero-order valence-corrected chi connectivity index (χ0v) is 15.2. The number of aromatic nitrogens is 5. The molecule has 3 rings (SSSR count). The zero-order valence-electron chi connectivity index (χ0n) is 15.2. The summed E-state index contributed by atoms with van der Waals surface area (Å²) >= 11 is 0. The first-order valence-electron chi connectivity index (χ1n) is 8.31. The van der Waals surface area contributed by atoms with Crippen molar-refractivity contribution in [2.45, 2.75) is 19.6 Å². The van der Waals surface area contributed by atoms with Gasteiger partial charge in [-0.3, -0.25) is 20.6 Å². The van der Waals surface area contributed by atoms with Gasteiger partial charge in [-0.25, -0.2) is 14.6 Å². The van der Waals surface area contributed by atoms with E-state index in [1.165, 1.54) is 29.6 Å². The lowest BCUT2D eigenvalue weighted by Crippen LogP contribution is -2.32. The third-order valence-electron chi connectivity index (χ3n) is 3.74. The molecule has 0 spiro atoms. The number of aryl methyl sites for hydroxylation is 1. The standard InChI is InChI=1S/C18H16F3N7O/c1-11-5-13(7-14(6-11)18(19,20)21)16-24-10-28(27-16)9-12(2)17(29)26-25-15-8-22-3-4-23-15/h3-8,10H,2,9H2,1H3,(H,23,25)(H,26,29). The number of nitrogens with one attached hydrogen (secondary N) is 2. The zero-order chi connectivity index (χ0) is 21.0. The van der Waals surface area contributed by atoms with Crippen LogP contribution in [0.15, 0.2) is 55.3 Å². The number of amides is 1. The van der Waals surface area contributed by atoms with Crippen molar-refractivity contribution in [1.82, 2.24) is 30.2 Å². The predicted octanol–water partition coefficient (Wildman–Crippen LogP) is 2.76. The Morgan fingerprint density at radius 1 is 1.21 bits per heavy atom.